The first kappa shape index (κ1) is 16.3. The zero-order valence-corrected chi connectivity index (χ0v) is 15.0. The largest absolute Gasteiger partial charge is 0.327 e. The maximum absolute atomic E-state index is 13.4. The second-order valence-corrected chi connectivity index (χ2v) is 7.39. The number of amides is 1. The van der Waals surface area contributed by atoms with Crippen molar-refractivity contribution in [2.75, 3.05) is 13.6 Å². The Morgan fingerprint density at radius 1 is 1.12 bits per heavy atom. The van der Waals surface area contributed by atoms with Gasteiger partial charge in [-0.15, -0.1) is 0 Å². The summed E-state index contributed by atoms with van der Waals surface area (Å²) in [6.45, 7) is 1.12. The van der Waals surface area contributed by atoms with Crippen LogP contribution in [-0.2, 0) is 7.05 Å². The SMILES string of the molecule is CN1CCCC[C@H]2[C@H]1C[C@@H](c1ccccc1)N2C(=O)c1cnn(C)c1. The first-order chi connectivity index (χ1) is 12.1. The van der Waals surface area contributed by atoms with E-state index in [4.69, 9.17) is 0 Å². The average molecular weight is 338 g/mol. The number of hydrogen-bond acceptors (Lipinski definition) is 3. The van der Waals surface area contributed by atoms with Gasteiger partial charge in [0.05, 0.1) is 17.8 Å². The monoisotopic (exact) mass is 338 g/mol. The Labute approximate surface area is 149 Å². The van der Waals surface area contributed by atoms with Crippen LogP contribution in [-0.4, -0.2) is 51.2 Å². The van der Waals surface area contributed by atoms with E-state index in [9.17, 15) is 4.79 Å². The molecule has 2 saturated heterocycles. The van der Waals surface area contributed by atoms with Crippen molar-refractivity contribution in [3.05, 3.63) is 53.9 Å². The highest BCUT2D eigenvalue weighted by Crippen LogP contribution is 2.42. The highest BCUT2D eigenvalue weighted by molar-refractivity contribution is 5.94. The summed E-state index contributed by atoms with van der Waals surface area (Å²) in [6.07, 6.45) is 8.02. The van der Waals surface area contributed by atoms with Crippen LogP contribution < -0.4 is 0 Å². The Kier molecular flexibility index (Phi) is 4.34. The van der Waals surface area contributed by atoms with E-state index in [1.54, 1.807) is 10.9 Å². The van der Waals surface area contributed by atoms with Crippen molar-refractivity contribution in [2.45, 2.75) is 43.8 Å². The van der Waals surface area contributed by atoms with Gasteiger partial charge in [-0.05, 0) is 38.4 Å². The van der Waals surface area contributed by atoms with Crippen LogP contribution in [0, 0.1) is 0 Å². The summed E-state index contributed by atoms with van der Waals surface area (Å²) in [5, 5.41) is 4.20. The van der Waals surface area contributed by atoms with Crippen molar-refractivity contribution in [3.63, 3.8) is 0 Å². The van der Waals surface area contributed by atoms with E-state index in [-0.39, 0.29) is 18.0 Å². The minimum atomic E-state index is 0.116. The molecule has 25 heavy (non-hydrogen) atoms. The zero-order valence-electron chi connectivity index (χ0n) is 15.0. The van der Waals surface area contributed by atoms with Gasteiger partial charge >= 0.3 is 0 Å². The summed E-state index contributed by atoms with van der Waals surface area (Å²) < 4.78 is 1.71. The van der Waals surface area contributed by atoms with Crippen molar-refractivity contribution in [3.8, 4) is 0 Å². The topological polar surface area (TPSA) is 41.4 Å². The Hall–Kier alpha value is -2.14. The standard InChI is InChI=1S/C20H26N4O/c1-22-11-7-6-10-17-19(22)12-18(15-8-4-3-5-9-15)24(17)20(25)16-13-21-23(2)14-16/h3-5,8-9,13-14,17-19H,6-7,10-12H2,1-2H3/t17-,18-,19+/m0/s1. The maximum Gasteiger partial charge on any atom is 0.257 e. The summed E-state index contributed by atoms with van der Waals surface area (Å²) in [4.78, 5) is 18.0. The lowest BCUT2D eigenvalue weighted by molar-refractivity contribution is 0.0632. The fraction of sp³-hybridized carbons (Fsp3) is 0.500. The number of hydrogen-bond donors (Lipinski definition) is 0. The Morgan fingerprint density at radius 2 is 1.92 bits per heavy atom. The number of likely N-dealkylation sites (tertiary alicyclic amines) is 2. The lowest BCUT2D eigenvalue weighted by Crippen LogP contribution is -2.44. The lowest BCUT2D eigenvalue weighted by atomic mass is 10.0. The molecule has 5 nitrogen and oxygen atoms in total. The second-order valence-electron chi connectivity index (χ2n) is 7.39. The van der Waals surface area contributed by atoms with Crippen LogP contribution in [0.15, 0.2) is 42.7 Å². The number of nitrogens with zero attached hydrogens (tertiary/aromatic N) is 4. The molecule has 2 aliphatic rings. The number of carbonyl (C=O) groups is 1. The van der Waals surface area contributed by atoms with Gasteiger partial charge in [-0.3, -0.25) is 9.48 Å². The van der Waals surface area contributed by atoms with E-state index in [1.807, 2.05) is 19.3 Å². The summed E-state index contributed by atoms with van der Waals surface area (Å²) in [6, 6.07) is 11.3. The number of rotatable bonds is 2. The zero-order chi connectivity index (χ0) is 17.4. The molecule has 0 saturated carbocycles. The van der Waals surface area contributed by atoms with Gasteiger partial charge in [0, 0.05) is 25.3 Å². The molecule has 0 N–H and O–H groups in total. The molecular weight excluding hydrogens is 312 g/mol. The average Bonchev–Trinajstić information content (AvgIpc) is 3.18. The number of aryl methyl sites for hydroxylation is 1. The highest BCUT2D eigenvalue weighted by Gasteiger charge is 2.46. The van der Waals surface area contributed by atoms with E-state index >= 15 is 0 Å². The summed E-state index contributed by atoms with van der Waals surface area (Å²) in [5.41, 5.74) is 1.93. The third-order valence-corrected chi connectivity index (χ3v) is 5.80. The number of fused-ring (bicyclic) bond motifs is 1. The minimum Gasteiger partial charge on any atom is -0.327 e. The predicted molar refractivity (Wildman–Crippen MR) is 97.2 cm³/mol. The molecule has 2 fully saturated rings. The van der Waals surface area contributed by atoms with Gasteiger partial charge in [-0.2, -0.15) is 5.10 Å². The van der Waals surface area contributed by atoms with Crippen LogP contribution in [0.25, 0.3) is 0 Å². The quantitative estimate of drug-likeness (QED) is 0.845. The molecule has 5 heteroatoms. The molecular formula is C20H26N4O. The molecule has 2 aromatic rings. The molecule has 3 heterocycles. The summed E-state index contributed by atoms with van der Waals surface area (Å²) >= 11 is 0. The lowest BCUT2D eigenvalue weighted by Gasteiger charge is -2.32. The predicted octanol–water partition coefficient (Wildman–Crippen LogP) is 2.86. The van der Waals surface area contributed by atoms with Crippen molar-refractivity contribution in [2.24, 2.45) is 7.05 Å². The molecule has 2 aliphatic heterocycles. The van der Waals surface area contributed by atoms with Crippen LogP contribution in [0.2, 0.25) is 0 Å². The number of benzene rings is 1. The smallest absolute Gasteiger partial charge is 0.257 e. The third kappa shape index (κ3) is 2.97. The third-order valence-electron chi connectivity index (χ3n) is 5.80. The molecule has 1 aromatic carbocycles. The van der Waals surface area contributed by atoms with Crippen LogP contribution >= 0.6 is 0 Å². The van der Waals surface area contributed by atoms with E-state index in [2.05, 4.69) is 46.2 Å². The first-order valence-corrected chi connectivity index (χ1v) is 9.21. The van der Waals surface area contributed by atoms with Gasteiger partial charge in [0.1, 0.15) is 0 Å². The van der Waals surface area contributed by atoms with Crippen LogP contribution in [0.5, 0.6) is 0 Å². The number of aromatic nitrogens is 2. The van der Waals surface area contributed by atoms with E-state index in [0.29, 0.717) is 11.6 Å². The fourth-order valence-corrected chi connectivity index (χ4v) is 4.55. The summed E-state index contributed by atoms with van der Waals surface area (Å²) in [7, 11) is 4.07. The fourth-order valence-electron chi connectivity index (χ4n) is 4.55. The normalized spacial score (nSPS) is 27.1. The van der Waals surface area contributed by atoms with Gasteiger partial charge < -0.3 is 9.80 Å². The maximum atomic E-state index is 13.4. The molecule has 0 aliphatic carbocycles. The highest BCUT2D eigenvalue weighted by atomic mass is 16.2. The summed E-state index contributed by atoms with van der Waals surface area (Å²) in [5.74, 6) is 0.116. The van der Waals surface area contributed by atoms with Gasteiger partial charge in [0.25, 0.3) is 5.91 Å². The Bertz CT molecular complexity index is 741. The van der Waals surface area contributed by atoms with Crippen molar-refractivity contribution < 1.29 is 4.79 Å². The molecule has 0 radical (unpaired) electrons. The van der Waals surface area contributed by atoms with Gasteiger partial charge in [-0.25, -0.2) is 0 Å². The van der Waals surface area contributed by atoms with Gasteiger partial charge in [0.2, 0.25) is 0 Å². The van der Waals surface area contributed by atoms with Crippen LogP contribution in [0.1, 0.15) is 47.6 Å². The van der Waals surface area contributed by atoms with Crippen molar-refractivity contribution >= 4 is 5.91 Å². The molecule has 1 aromatic heterocycles. The van der Waals surface area contributed by atoms with Crippen LogP contribution in [0.4, 0.5) is 0 Å². The Morgan fingerprint density at radius 3 is 2.64 bits per heavy atom. The molecule has 0 spiro atoms. The molecule has 132 valence electrons. The van der Waals surface area contributed by atoms with E-state index < -0.39 is 0 Å². The molecule has 3 atom stereocenters. The van der Waals surface area contributed by atoms with E-state index in [0.717, 1.165) is 19.4 Å². The molecule has 0 unspecified atom stereocenters. The number of carbonyl (C=O) groups excluding carboxylic acids is 1. The van der Waals surface area contributed by atoms with E-state index in [1.165, 1.54) is 18.4 Å². The number of likely N-dealkylation sites (N-methyl/N-ethyl adjacent to an activating group) is 1. The van der Waals surface area contributed by atoms with Crippen LogP contribution in [0.3, 0.4) is 0 Å². The van der Waals surface area contributed by atoms with Gasteiger partial charge in [-0.1, -0.05) is 36.8 Å². The van der Waals surface area contributed by atoms with Crippen molar-refractivity contribution in [1.82, 2.24) is 19.6 Å². The Balaban J connectivity index is 1.73. The second kappa shape index (κ2) is 6.64. The van der Waals surface area contributed by atoms with Gasteiger partial charge in [0.15, 0.2) is 0 Å². The molecule has 4 rings (SSSR count). The molecule has 0 bridgehead atoms. The molecule has 1 amide bonds. The first-order valence-electron chi connectivity index (χ1n) is 9.21. The van der Waals surface area contributed by atoms with Crippen molar-refractivity contribution in [1.29, 1.82) is 0 Å². The minimum absolute atomic E-state index is 0.116.